The van der Waals surface area contributed by atoms with E-state index in [1.807, 2.05) is 30.3 Å². The number of nitrogens with zero attached hydrogens (tertiary/aromatic N) is 1. The van der Waals surface area contributed by atoms with Crippen LogP contribution in [0.25, 0.3) is 0 Å². The zero-order chi connectivity index (χ0) is 13.0. The molecular formula is C13H17NO4. The average molecular weight is 251 g/mol. The lowest BCUT2D eigenvalue weighted by molar-refractivity contribution is -0.545. The molecule has 2 rings (SSSR count). The molecule has 1 unspecified atom stereocenters. The fourth-order valence-corrected chi connectivity index (χ4v) is 2.37. The number of ether oxygens (including phenoxy) is 1. The Hall–Kier alpha value is -1.46. The molecule has 1 N–H and O–H groups in total. The Morgan fingerprint density at radius 1 is 1.39 bits per heavy atom. The number of aliphatic hydroxyl groups excluding tert-OH is 1. The lowest BCUT2D eigenvalue weighted by atomic mass is 9.88. The molecule has 1 fully saturated rings. The zero-order valence-corrected chi connectivity index (χ0v) is 10.1. The highest BCUT2D eigenvalue weighted by atomic mass is 16.6. The van der Waals surface area contributed by atoms with Crippen LogP contribution in [0.4, 0.5) is 0 Å². The highest BCUT2D eigenvalue weighted by Gasteiger charge is 2.37. The van der Waals surface area contributed by atoms with Gasteiger partial charge in [-0.3, -0.25) is 10.1 Å². The molecule has 1 aromatic rings. The normalized spacial score (nSPS) is 27.9. The Kier molecular flexibility index (Phi) is 4.28. The van der Waals surface area contributed by atoms with Gasteiger partial charge < -0.3 is 9.84 Å². The van der Waals surface area contributed by atoms with E-state index in [9.17, 15) is 15.2 Å². The van der Waals surface area contributed by atoms with E-state index >= 15 is 0 Å². The number of aliphatic hydroxyl groups is 1. The summed E-state index contributed by atoms with van der Waals surface area (Å²) in [5.41, 5.74) is 1.17. The topological polar surface area (TPSA) is 72.6 Å². The molecule has 5 nitrogen and oxygen atoms in total. The predicted molar refractivity (Wildman–Crippen MR) is 65.6 cm³/mol. The van der Waals surface area contributed by atoms with Crippen LogP contribution in [0.2, 0.25) is 0 Å². The third kappa shape index (κ3) is 3.27. The van der Waals surface area contributed by atoms with E-state index in [0.29, 0.717) is 12.8 Å². The van der Waals surface area contributed by atoms with Crippen LogP contribution in [0.5, 0.6) is 0 Å². The molecule has 0 amide bonds. The number of nitro groups is 1. The van der Waals surface area contributed by atoms with Gasteiger partial charge in [-0.2, -0.15) is 0 Å². The molecule has 0 spiro atoms. The van der Waals surface area contributed by atoms with Crippen LogP contribution < -0.4 is 0 Å². The van der Waals surface area contributed by atoms with Crippen LogP contribution in [0.1, 0.15) is 18.4 Å². The van der Waals surface area contributed by atoms with E-state index in [-0.39, 0.29) is 17.4 Å². The fraction of sp³-hybridized carbons (Fsp3) is 0.538. The summed E-state index contributed by atoms with van der Waals surface area (Å²) in [5, 5.41) is 20.4. The standard InChI is InChI=1S/C13H17NO4/c15-13-8-11(12(9-18-13)14(16)17)7-6-10-4-2-1-3-5-10/h1-5,11-13,15H,6-9H2/t11-,12-,13?/m1/s1. The van der Waals surface area contributed by atoms with Crippen LogP contribution in [0.15, 0.2) is 30.3 Å². The Morgan fingerprint density at radius 2 is 2.11 bits per heavy atom. The maximum atomic E-state index is 10.9. The first kappa shape index (κ1) is 13.0. The fourth-order valence-electron chi connectivity index (χ4n) is 2.37. The summed E-state index contributed by atoms with van der Waals surface area (Å²) in [6.07, 6.45) is 0.985. The van der Waals surface area contributed by atoms with Gasteiger partial charge in [0.25, 0.3) is 0 Å². The number of hydrogen-bond donors (Lipinski definition) is 1. The lowest BCUT2D eigenvalue weighted by Gasteiger charge is -2.28. The molecule has 3 atom stereocenters. The maximum absolute atomic E-state index is 10.9. The zero-order valence-electron chi connectivity index (χ0n) is 10.1. The molecule has 98 valence electrons. The second-order valence-electron chi connectivity index (χ2n) is 4.66. The van der Waals surface area contributed by atoms with Crippen molar-refractivity contribution in [3.05, 3.63) is 46.0 Å². The van der Waals surface area contributed by atoms with Gasteiger partial charge in [-0.15, -0.1) is 0 Å². The van der Waals surface area contributed by atoms with Gasteiger partial charge in [-0.1, -0.05) is 30.3 Å². The molecule has 1 saturated heterocycles. The van der Waals surface area contributed by atoms with Crippen molar-refractivity contribution in [2.45, 2.75) is 31.6 Å². The van der Waals surface area contributed by atoms with E-state index in [1.54, 1.807) is 0 Å². The third-order valence-electron chi connectivity index (χ3n) is 3.43. The average Bonchev–Trinajstić information content (AvgIpc) is 2.37. The van der Waals surface area contributed by atoms with Gasteiger partial charge in [0.15, 0.2) is 6.29 Å². The van der Waals surface area contributed by atoms with E-state index in [4.69, 9.17) is 4.74 Å². The second kappa shape index (κ2) is 5.93. The molecule has 0 bridgehead atoms. The quantitative estimate of drug-likeness (QED) is 0.652. The molecule has 18 heavy (non-hydrogen) atoms. The number of hydrogen-bond acceptors (Lipinski definition) is 4. The SMILES string of the molecule is O=[N+]([O-])[C@@H]1COC(O)C[C@H]1CCc1ccccc1. The summed E-state index contributed by atoms with van der Waals surface area (Å²) < 4.78 is 4.95. The molecule has 0 saturated carbocycles. The Morgan fingerprint density at radius 3 is 2.78 bits per heavy atom. The van der Waals surface area contributed by atoms with E-state index in [2.05, 4.69) is 0 Å². The second-order valence-corrected chi connectivity index (χ2v) is 4.66. The van der Waals surface area contributed by atoms with Gasteiger partial charge in [0.2, 0.25) is 6.04 Å². The molecule has 1 aliphatic heterocycles. The monoisotopic (exact) mass is 251 g/mol. The summed E-state index contributed by atoms with van der Waals surface area (Å²) in [5.74, 6) is -0.121. The first-order valence-electron chi connectivity index (χ1n) is 6.14. The largest absolute Gasteiger partial charge is 0.368 e. The van der Waals surface area contributed by atoms with Gasteiger partial charge in [0, 0.05) is 17.3 Å². The van der Waals surface area contributed by atoms with Crippen molar-refractivity contribution in [1.82, 2.24) is 0 Å². The summed E-state index contributed by atoms with van der Waals surface area (Å²) in [6.45, 7) is 0.00756. The maximum Gasteiger partial charge on any atom is 0.239 e. The van der Waals surface area contributed by atoms with E-state index in [0.717, 1.165) is 6.42 Å². The van der Waals surface area contributed by atoms with Gasteiger partial charge >= 0.3 is 0 Å². The van der Waals surface area contributed by atoms with Crippen molar-refractivity contribution < 1.29 is 14.8 Å². The van der Waals surface area contributed by atoms with Crippen molar-refractivity contribution in [3.8, 4) is 0 Å². The highest BCUT2D eigenvalue weighted by molar-refractivity contribution is 5.14. The predicted octanol–water partition coefficient (Wildman–Crippen LogP) is 1.62. The van der Waals surface area contributed by atoms with E-state index < -0.39 is 12.3 Å². The van der Waals surface area contributed by atoms with Crippen LogP contribution in [0, 0.1) is 16.0 Å². The Balaban J connectivity index is 1.94. The molecule has 1 aromatic carbocycles. The summed E-state index contributed by atoms with van der Waals surface area (Å²) >= 11 is 0. The van der Waals surface area contributed by atoms with Crippen molar-refractivity contribution in [1.29, 1.82) is 0 Å². The Bertz CT molecular complexity index is 395. The molecular weight excluding hydrogens is 234 g/mol. The van der Waals surface area contributed by atoms with E-state index in [1.165, 1.54) is 5.56 Å². The highest BCUT2D eigenvalue weighted by Crippen LogP contribution is 2.26. The van der Waals surface area contributed by atoms with Gasteiger partial charge in [0.1, 0.15) is 6.61 Å². The van der Waals surface area contributed by atoms with Crippen molar-refractivity contribution in [2.75, 3.05) is 6.61 Å². The van der Waals surface area contributed by atoms with Gasteiger partial charge in [-0.05, 0) is 18.4 Å². The molecule has 0 aromatic heterocycles. The van der Waals surface area contributed by atoms with Crippen LogP contribution in [-0.2, 0) is 11.2 Å². The smallest absolute Gasteiger partial charge is 0.239 e. The molecule has 0 aliphatic carbocycles. The molecule has 1 heterocycles. The lowest BCUT2D eigenvalue weighted by Crippen LogP contribution is -2.42. The summed E-state index contributed by atoms with van der Waals surface area (Å²) in [6, 6.07) is 9.19. The van der Waals surface area contributed by atoms with Crippen LogP contribution in [-0.4, -0.2) is 29.0 Å². The minimum Gasteiger partial charge on any atom is -0.368 e. The molecule has 1 aliphatic rings. The van der Waals surface area contributed by atoms with Crippen LogP contribution >= 0.6 is 0 Å². The van der Waals surface area contributed by atoms with Gasteiger partial charge in [-0.25, -0.2) is 0 Å². The summed E-state index contributed by atoms with van der Waals surface area (Å²) in [4.78, 5) is 10.6. The van der Waals surface area contributed by atoms with Gasteiger partial charge in [0.05, 0.1) is 0 Å². The minimum absolute atomic E-state index is 0.00756. The van der Waals surface area contributed by atoms with Crippen molar-refractivity contribution >= 4 is 0 Å². The number of benzene rings is 1. The van der Waals surface area contributed by atoms with Crippen molar-refractivity contribution in [2.24, 2.45) is 5.92 Å². The number of aryl methyl sites for hydroxylation is 1. The molecule has 0 radical (unpaired) electrons. The first-order valence-corrected chi connectivity index (χ1v) is 6.14. The Labute approximate surface area is 106 Å². The molecule has 5 heteroatoms. The van der Waals surface area contributed by atoms with Crippen molar-refractivity contribution in [3.63, 3.8) is 0 Å². The summed E-state index contributed by atoms with van der Waals surface area (Å²) in [7, 11) is 0. The third-order valence-corrected chi connectivity index (χ3v) is 3.43. The first-order chi connectivity index (χ1) is 8.66. The van der Waals surface area contributed by atoms with Crippen LogP contribution in [0.3, 0.4) is 0 Å². The minimum atomic E-state index is -0.859. The number of rotatable bonds is 4.